The van der Waals surface area contributed by atoms with Gasteiger partial charge in [0.25, 0.3) is 0 Å². The molecule has 0 aliphatic carbocycles. The summed E-state index contributed by atoms with van der Waals surface area (Å²) in [6, 6.07) is 9.12. The van der Waals surface area contributed by atoms with Crippen LogP contribution in [0.5, 0.6) is 0 Å². The van der Waals surface area contributed by atoms with Gasteiger partial charge in [-0.3, -0.25) is 4.98 Å². The summed E-state index contributed by atoms with van der Waals surface area (Å²) in [6.45, 7) is 2.04. The Morgan fingerprint density at radius 3 is 2.35 bits per heavy atom. The van der Waals surface area contributed by atoms with Crippen LogP contribution in [0.1, 0.15) is 25.1 Å². The van der Waals surface area contributed by atoms with Crippen LogP contribution in [0.4, 0.5) is 0 Å². The number of fused-ring (bicyclic) bond motifs is 1. The van der Waals surface area contributed by atoms with E-state index in [4.69, 9.17) is 37.9 Å². The van der Waals surface area contributed by atoms with Crippen molar-refractivity contribution in [3.05, 3.63) is 52.3 Å². The van der Waals surface area contributed by atoms with Gasteiger partial charge < -0.3 is 4.74 Å². The maximum Gasteiger partial charge on any atom is 0.114 e. The molecule has 0 amide bonds. The van der Waals surface area contributed by atoms with Gasteiger partial charge in [0.1, 0.15) is 11.8 Å². The molecular weight excluding hydrogens is 333 g/mol. The normalized spacial score (nSPS) is 12.5. The van der Waals surface area contributed by atoms with Crippen LogP contribution in [0.2, 0.25) is 10.0 Å². The van der Waals surface area contributed by atoms with Gasteiger partial charge in [-0.05, 0) is 30.7 Å². The van der Waals surface area contributed by atoms with Gasteiger partial charge in [-0.1, -0.05) is 36.2 Å². The van der Waals surface area contributed by atoms with Crippen molar-refractivity contribution >= 4 is 34.2 Å². The van der Waals surface area contributed by atoms with E-state index in [2.05, 4.69) is 4.98 Å². The fourth-order valence-corrected chi connectivity index (χ4v) is 2.77. The van der Waals surface area contributed by atoms with Crippen molar-refractivity contribution in [3.8, 4) is 11.4 Å². The molecule has 3 rings (SSSR count). The predicted octanol–water partition coefficient (Wildman–Crippen LogP) is 5.10. The van der Waals surface area contributed by atoms with Gasteiger partial charge in [0, 0.05) is 13.3 Å². The van der Waals surface area contributed by atoms with Gasteiger partial charge in [0.2, 0.25) is 0 Å². The Morgan fingerprint density at radius 1 is 1.09 bits per heavy atom. The Hall–Kier alpha value is -1.75. The fourth-order valence-electron chi connectivity index (χ4n) is 2.45. The summed E-state index contributed by atoms with van der Waals surface area (Å²) >= 11 is 12.2. The number of halogens is 2. The Morgan fingerprint density at radius 2 is 1.78 bits per heavy atom. The van der Waals surface area contributed by atoms with Crippen LogP contribution in [0.3, 0.4) is 0 Å². The lowest BCUT2D eigenvalue weighted by Gasteiger charge is -2.17. The molecule has 2 aromatic heterocycles. The molecule has 1 unspecified atom stereocenters. The van der Waals surface area contributed by atoms with Crippen LogP contribution in [-0.4, -0.2) is 22.1 Å². The lowest BCUT2D eigenvalue weighted by Crippen LogP contribution is -2.08. The second-order valence-electron chi connectivity index (χ2n) is 5.06. The molecule has 2 heterocycles. The highest BCUT2D eigenvalue weighted by Crippen LogP contribution is 2.32. The van der Waals surface area contributed by atoms with Gasteiger partial charge in [0.05, 0.1) is 32.5 Å². The number of methoxy groups -OCH3 is 1. The monoisotopic (exact) mass is 347 g/mol. The molecule has 1 atom stereocenters. The van der Waals surface area contributed by atoms with Gasteiger partial charge in [-0.2, -0.15) is 0 Å². The van der Waals surface area contributed by atoms with Gasteiger partial charge >= 0.3 is 0 Å². The smallest absolute Gasteiger partial charge is 0.114 e. The van der Waals surface area contributed by atoms with Crippen molar-refractivity contribution in [2.24, 2.45) is 0 Å². The topological polar surface area (TPSA) is 47.9 Å². The first-order chi connectivity index (χ1) is 11.1. The Kier molecular flexibility index (Phi) is 4.76. The fraction of sp³-hybridized carbons (Fsp3) is 0.235. The average molecular weight is 348 g/mol. The molecular formula is C17H15Cl2N3O. The van der Waals surface area contributed by atoms with E-state index in [0.29, 0.717) is 26.8 Å². The highest BCUT2D eigenvalue weighted by atomic mass is 35.5. The van der Waals surface area contributed by atoms with E-state index < -0.39 is 0 Å². The van der Waals surface area contributed by atoms with E-state index in [1.54, 1.807) is 25.4 Å². The maximum absolute atomic E-state index is 6.10. The zero-order chi connectivity index (χ0) is 16.4. The van der Waals surface area contributed by atoms with E-state index in [9.17, 15) is 0 Å². The number of aromatic nitrogens is 3. The first-order valence-electron chi connectivity index (χ1n) is 7.25. The summed E-state index contributed by atoms with van der Waals surface area (Å²) in [5.41, 5.74) is 3.56. The molecule has 0 N–H and O–H groups in total. The lowest BCUT2D eigenvalue weighted by molar-refractivity contribution is 0.0969. The lowest BCUT2D eigenvalue weighted by atomic mass is 10.1. The summed E-state index contributed by atoms with van der Waals surface area (Å²) < 4.78 is 5.56. The van der Waals surface area contributed by atoms with Gasteiger partial charge in [0.15, 0.2) is 0 Å². The van der Waals surface area contributed by atoms with Crippen LogP contribution in [0.25, 0.3) is 22.4 Å². The number of nitrogens with zero attached hydrogens (tertiary/aromatic N) is 3. The minimum atomic E-state index is -0.168. The molecule has 0 spiro atoms. The second kappa shape index (κ2) is 6.79. The quantitative estimate of drug-likeness (QED) is 0.658. The third kappa shape index (κ3) is 3.15. The van der Waals surface area contributed by atoms with E-state index in [1.165, 1.54) is 0 Å². The second-order valence-corrected chi connectivity index (χ2v) is 5.87. The summed E-state index contributed by atoms with van der Waals surface area (Å²) in [7, 11) is 1.66. The molecule has 4 nitrogen and oxygen atoms in total. The third-order valence-corrected chi connectivity index (χ3v) is 4.32. The maximum atomic E-state index is 6.10. The first kappa shape index (κ1) is 16.1. The van der Waals surface area contributed by atoms with Crippen LogP contribution in [0.15, 0.2) is 36.5 Å². The summed E-state index contributed by atoms with van der Waals surface area (Å²) in [6.07, 6.45) is 2.34. The molecule has 6 heteroatoms. The summed E-state index contributed by atoms with van der Waals surface area (Å²) in [5.74, 6) is 0. The largest absolute Gasteiger partial charge is 0.375 e. The van der Waals surface area contributed by atoms with Crippen molar-refractivity contribution in [2.75, 3.05) is 7.11 Å². The third-order valence-electron chi connectivity index (χ3n) is 3.60. The van der Waals surface area contributed by atoms with E-state index in [0.717, 1.165) is 17.8 Å². The average Bonchev–Trinajstić information content (AvgIpc) is 2.57. The van der Waals surface area contributed by atoms with Crippen LogP contribution in [-0.2, 0) is 4.74 Å². The molecule has 0 saturated carbocycles. The standard InChI is InChI=1S/C17H15Cl2N3O/c1-3-15(23-2)17-16(12-6-4-5-7-20-12)21-13-8-10(18)11(19)9-14(13)22-17/h4-9,15H,3H2,1-2H3. The number of benzene rings is 1. The molecule has 0 saturated heterocycles. The minimum Gasteiger partial charge on any atom is -0.375 e. The molecule has 0 aliphatic heterocycles. The van der Waals surface area contributed by atoms with Crippen molar-refractivity contribution in [3.63, 3.8) is 0 Å². The van der Waals surface area contributed by atoms with E-state index in [-0.39, 0.29) is 6.10 Å². The van der Waals surface area contributed by atoms with E-state index in [1.807, 2.05) is 25.1 Å². The predicted molar refractivity (Wildman–Crippen MR) is 92.8 cm³/mol. The molecule has 3 aromatic rings. The van der Waals surface area contributed by atoms with Crippen molar-refractivity contribution in [2.45, 2.75) is 19.4 Å². The Bertz CT molecular complexity index is 836. The summed E-state index contributed by atoms with van der Waals surface area (Å²) in [4.78, 5) is 13.8. The van der Waals surface area contributed by atoms with Gasteiger partial charge in [-0.25, -0.2) is 9.97 Å². The van der Waals surface area contributed by atoms with Crippen LogP contribution in [0, 0.1) is 0 Å². The minimum absolute atomic E-state index is 0.168. The SMILES string of the molecule is CCC(OC)c1nc2cc(Cl)c(Cl)cc2nc1-c1ccccn1. The number of rotatable bonds is 4. The number of hydrogen-bond donors (Lipinski definition) is 0. The van der Waals surface area contributed by atoms with Gasteiger partial charge in [-0.15, -0.1) is 0 Å². The zero-order valence-electron chi connectivity index (χ0n) is 12.8. The zero-order valence-corrected chi connectivity index (χ0v) is 14.3. The molecule has 0 fully saturated rings. The van der Waals surface area contributed by atoms with Crippen LogP contribution >= 0.6 is 23.2 Å². The molecule has 0 aliphatic rings. The van der Waals surface area contributed by atoms with Crippen molar-refractivity contribution < 1.29 is 4.74 Å². The van der Waals surface area contributed by atoms with Crippen molar-refractivity contribution in [1.82, 2.24) is 15.0 Å². The Labute approximate surface area is 144 Å². The molecule has 23 heavy (non-hydrogen) atoms. The number of pyridine rings is 1. The van der Waals surface area contributed by atoms with E-state index >= 15 is 0 Å². The highest BCUT2D eigenvalue weighted by Gasteiger charge is 2.20. The Balaban J connectivity index is 2.30. The van der Waals surface area contributed by atoms with Crippen molar-refractivity contribution in [1.29, 1.82) is 0 Å². The first-order valence-corrected chi connectivity index (χ1v) is 8.00. The molecule has 0 radical (unpaired) electrons. The number of hydrogen-bond acceptors (Lipinski definition) is 4. The highest BCUT2D eigenvalue weighted by molar-refractivity contribution is 6.42. The summed E-state index contributed by atoms with van der Waals surface area (Å²) in [5, 5.41) is 0.905. The van der Waals surface area contributed by atoms with Crippen LogP contribution < -0.4 is 0 Å². The molecule has 1 aromatic carbocycles. The molecule has 118 valence electrons. The molecule has 0 bridgehead atoms. The number of ether oxygens (including phenoxy) is 1.